The molecular weight excluding hydrogens is 264 g/mol. The number of hydrogen-bond donors (Lipinski definition) is 0. The van der Waals surface area contributed by atoms with Crippen molar-refractivity contribution in [2.24, 2.45) is 0 Å². The summed E-state index contributed by atoms with van der Waals surface area (Å²) in [5.74, 6) is -1.73. The van der Waals surface area contributed by atoms with Crippen LogP contribution in [0.3, 0.4) is 0 Å². The zero-order valence-corrected chi connectivity index (χ0v) is 9.59. The Balaban J connectivity index is 3.46. The Kier molecular flexibility index (Phi) is 4.41. The summed E-state index contributed by atoms with van der Waals surface area (Å²) in [6, 6.07) is 2.27. The molecule has 0 spiro atoms. The van der Waals surface area contributed by atoms with Crippen LogP contribution in [0.15, 0.2) is 6.07 Å². The first-order chi connectivity index (χ1) is 8.90. The summed E-state index contributed by atoms with van der Waals surface area (Å²) in [5, 5.41) is 19.3. The topological polar surface area (TPSA) is 106 Å². The number of hydrogen-bond acceptors (Lipinski definition) is 6. The number of nitrogens with zero attached hydrogens (tertiary/aromatic N) is 3. The maximum atomic E-state index is 12.8. The van der Waals surface area contributed by atoms with E-state index in [9.17, 15) is 23.7 Å². The Morgan fingerprint density at radius 1 is 1.68 bits per heavy atom. The predicted molar refractivity (Wildman–Crippen MR) is 56.3 cm³/mol. The molecule has 0 atom stereocenters. The Labute approximate surface area is 105 Å². The van der Waals surface area contributed by atoms with Crippen LogP contribution >= 0.6 is 0 Å². The SMILES string of the molecule is COC(=O)Cc1c(C#N)cc([N+](=O)[O-])nc1C(F)F. The molecule has 1 aromatic heterocycles. The summed E-state index contributed by atoms with van der Waals surface area (Å²) in [4.78, 5) is 23.8. The van der Waals surface area contributed by atoms with Crippen molar-refractivity contribution < 1.29 is 23.2 Å². The first-order valence-corrected chi connectivity index (χ1v) is 4.84. The highest BCUT2D eigenvalue weighted by molar-refractivity contribution is 5.74. The minimum atomic E-state index is -3.15. The summed E-state index contributed by atoms with van der Waals surface area (Å²) < 4.78 is 29.9. The fraction of sp³-hybridized carbons (Fsp3) is 0.300. The van der Waals surface area contributed by atoms with Crippen molar-refractivity contribution in [1.82, 2.24) is 4.98 Å². The summed E-state index contributed by atoms with van der Waals surface area (Å²) in [7, 11) is 1.05. The van der Waals surface area contributed by atoms with Crippen molar-refractivity contribution in [3.63, 3.8) is 0 Å². The molecule has 1 rings (SSSR count). The van der Waals surface area contributed by atoms with Crippen LogP contribution in [0.1, 0.15) is 23.2 Å². The van der Waals surface area contributed by atoms with Crippen LogP contribution in [0.5, 0.6) is 0 Å². The summed E-state index contributed by atoms with van der Waals surface area (Å²) >= 11 is 0. The van der Waals surface area contributed by atoms with Gasteiger partial charge in [-0.05, 0) is 9.91 Å². The molecule has 100 valence electrons. The fourth-order valence-electron chi connectivity index (χ4n) is 1.35. The van der Waals surface area contributed by atoms with Crippen molar-refractivity contribution in [2.75, 3.05) is 7.11 Å². The van der Waals surface area contributed by atoms with Gasteiger partial charge in [0.2, 0.25) is 5.69 Å². The molecular formula is C10H7F2N3O4. The van der Waals surface area contributed by atoms with Gasteiger partial charge >= 0.3 is 18.2 Å². The standard InChI is InChI=1S/C10H7F2N3O4/c1-19-8(16)3-6-5(4-13)2-7(15(17)18)14-9(6)10(11)12/h2,10H,3H2,1H3. The van der Waals surface area contributed by atoms with Gasteiger partial charge in [0.15, 0.2) is 0 Å². The Morgan fingerprint density at radius 2 is 2.32 bits per heavy atom. The van der Waals surface area contributed by atoms with Crippen LogP contribution in [0.4, 0.5) is 14.6 Å². The van der Waals surface area contributed by atoms with E-state index in [0.29, 0.717) is 0 Å². The first-order valence-electron chi connectivity index (χ1n) is 4.84. The number of rotatable bonds is 4. The maximum absolute atomic E-state index is 12.8. The van der Waals surface area contributed by atoms with Gasteiger partial charge in [-0.2, -0.15) is 5.26 Å². The molecule has 0 aliphatic rings. The Morgan fingerprint density at radius 3 is 2.74 bits per heavy atom. The van der Waals surface area contributed by atoms with E-state index in [4.69, 9.17) is 5.26 Å². The van der Waals surface area contributed by atoms with E-state index in [1.165, 1.54) is 6.07 Å². The highest BCUT2D eigenvalue weighted by Gasteiger charge is 2.28. The molecule has 19 heavy (non-hydrogen) atoms. The number of carbonyl (C=O) groups excluding carboxylic acids is 1. The van der Waals surface area contributed by atoms with Crippen LogP contribution < -0.4 is 0 Å². The van der Waals surface area contributed by atoms with Crippen LogP contribution in [-0.4, -0.2) is 23.0 Å². The van der Waals surface area contributed by atoms with Gasteiger partial charge in [-0.1, -0.05) is 0 Å². The number of methoxy groups -OCH3 is 1. The molecule has 0 saturated carbocycles. The second-order valence-electron chi connectivity index (χ2n) is 3.31. The number of nitro groups is 1. The Bertz CT molecular complexity index is 569. The molecule has 0 amide bonds. The molecule has 0 bridgehead atoms. The molecule has 1 aromatic rings. The molecule has 9 heteroatoms. The molecule has 0 aliphatic carbocycles. The lowest BCUT2D eigenvalue weighted by atomic mass is 10.0. The molecule has 0 aliphatic heterocycles. The molecule has 0 fully saturated rings. The number of halogens is 2. The van der Waals surface area contributed by atoms with E-state index < -0.39 is 40.8 Å². The predicted octanol–water partition coefficient (Wildman–Crippen LogP) is 1.51. The molecule has 0 aromatic carbocycles. The third-order valence-electron chi connectivity index (χ3n) is 2.21. The van der Waals surface area contributed by atoms with Gasteiger partial charge in [0.1, 0.15) is 0 Å². The van der Waals surface area contributed by atoms with Gasteiger partial charge in [-0.15, -0.1) is 0 Å². The number of pyridine rings is 1. The van der Waals surface area contributed by atoms with Gasteiger partial charge < -0.3 is 14.9 Å². The third kappa shape index (κ3) is 3.19. The van der Waals surface area contributed by atoms with Crippen molar-refractivity contribution in [3.8, 4) is 6.07 Å². The van der Waals surface area contributed by atoms with Crippen LogP contribution in [-0.2, 0) is 16.0 Å². The number of carbonyl (C=O) groups is 1. The third-order valence-corrected chi connectivity index (χ3v) is 2.21. The van der Waals surface area contributed by atoms with Crippen molar-refractivity contribution in [1.29, 1.82) is 5.26 Å². The average Bonchev–Trinajstić information content (AvgIpc) is 2.37. The highest BCUT2D eigenvalue weighted by Crippen LogP contribution is 2.27. The second kappa shape index (κ2) is 5.81. The highest BCUT2D eigenvalue weighted by atomic mass is 19.3. The minimum Gasteiger partial charge on any atom is -0.469 e. The van der Waals surface area contributed by atoms with E-state index >= 15 is 0 Å². The fourth-order valence-corrected chi connectivity index (χ4v) is 1.35. The smallest absolute Gasteiger partial charge is 0.365 e. The van der Waals surface area contributed by atoms with Crippen molar-refractivity contribution in [3.05, 3.63) is 33.0 Å². The lowest BCUT2D eigenvalue weighted by Gasteiger charge is -2.06. The van der Waals surface area contributed by atoms with Crippen LogP contribution in [0, 0.1) is 21.4 Å². The van der Waals surface area contributed by atoms with Crippen molar-refractivity contribution >= 4 is 11.8 Å². The molecule has 1 heterocycles. The molecule has 7 nitrogen and oxygen atoms in total. The zero-order chi connectivity index (χ0) is 14.6. The summed E-state index contributed by atoms with van der Waals surface area (Å²) in [6.45, 7) is 0. The second-order valence-corrected chi connectivity index (χ2v) is 3.31. The van der Waals surface area contributed by atoms with Gasteiger partial charge in [0, 0.05) is 5.56 Å². The molecule has 0 radical (unpaired) electrons. The number of aromatic nitrogens is 1. The minimum absolute atomic E-state index is 0.366. The molecule has 0 N–H and O–H groups in total. The number of esters is 1. The number of nitriles is 1. The Hall–Kier alpha value is -2.63. The van der Waals surface area contributed by atoms with Crippen molar-refractivity contribution in [2.45, 2.75) is 12.8 Å². The zero-order valence-electron chi connectivity index (χ0n) is 9.59. The normalized spacial score (nSPS) is 10.1. The van der Waals surface area contributed by atoms with E-state index in [-0.39, 0.29) is 5.56 Å². The van der Waals surface area contributed by atoms with Gasteiger partial charge in [0.25, 0.3) is 0 Å². The molecule has 0 saturated heterocycles. The summed E-state index contributed by atoms with van der Waals surface area (Å²) in [5.41, 5.74) is -1.73. The van der Waals surface area contributed by atoms with Crippen LogP contribution in [0.2, 0.25) is 0 Å². The van der Waals surface area contributed by atoms with Gasteiger partial charge in [0.05, 0.1) is 31.2 Å². The van der Waals surface area contributed by atoms with Crippen LogP contribution in [0.25, 0.3) is 0 Å². The quantitative estimate of drug-likeness (QED) is 0.466. The number of alkyl halides is 2. The lowest BCUT2D eigenvalue weighted by molar-refractivity contribution is -0.389. The lowest BCUT2D eigenvalue weighted by Crippen LogP contribution is -2.11. The monoisotopic (exact) mass is 271 g/mol. The average molecular weight is 271 g/mol. The largest absolute Gasteiger partial charge is 0.469 e. The maximum Gasteiger partial charge on any atom is 0.365 e. The van der Waals surface area contributed by atoms with E-state index in [1.54, 1.807) is 0 Å². The number of ether oxygens (including phenoxy) is 1. The van der Waals surface area contributed by atoms with Gasteiger partial charge in [-0.25, -0.2) is 8.78 Å². The van der Waals surface area contributed by atoms with Gasteiger partial charge in [-0.3, -0.25) is 4.79 Å². The molecule has 0 unspecified atom stereocenters. The van der Waals surface area contributed by atoms with E-state index in [1.807, 2.05) is 0 Å². The first kappa shape index (κ1) is 14.4. The van der Waals surface area contributed by atoms with E-state index in [0.717, 1.165) is 13.2 Å². The summed E-state index contributed by atoms with van der Waals surface area (Å²) in [6.07, 6.45) is -3.75. The van der Waals surface area contributed by atoms with E-state index in [2.05, 4.69) is 9.72 Å².